The van der Waals surface area contributed by atoms with Crippen molar-refractivity contribution in [1.82, 2.24) is 15.3 Å². The summed E-state index contributed by atoms with van der Waals surface area (Å²) in [5, 5.41) is 3.33. The smallest absolute Gasteiger partial charge is 0.225 e. The van der Waals surface area contributed by atoms with E-state index in [2.05, 4.69) is 20.2 Å². The summed E-state index contributed by atoms with van der Waals surface area (Å²) in [6, 6.07) is 2.38. The molecule has 0 unspecified atom stereocenters. The van der Waals surface area contributed by atoms with Crippen LogP contribution >= 0.6 is 12.4 Å². The highest BCUT2D eigenvalue weighted by molar-refractivity contribution is 5.85. The molecule has 1 saturated heterocycles. The van der Waals surface area contributed by atoms with E-state index >= 15 is 0 Å². The van der Waals surface area contributed by atoms with Crippen molar-refractivity contribution < 1.29 is 0 Å². The predicted octanol–water partition coefficient (Wildman–Crippen LogP) is 0.696. The molecule has 1 fully saturated rings. The molecule has 1 N–H and O–H groups in total. The van der Waals surface area contributed by atoms with E-state index < -0.39 is 0 Å². The zero-order chi connectivity index (χ0) is 9.10. The molecule has 1 aromatic heterocycles. The standard InChI is InChI=1S/C9H14N4.ClH/c1-13(8-3-6-10-7-8)9-11-4-2-5-12-9;/h2,4-5,8,10H,3,6-7H2,1H3;1H/t8-;/m0./s1. The molecule has 0 bridgehead atoms. The fraction of sp³-hybridized carbons (Fsp3) is 0.556. The Labute approximate surface area is 90.2 Å². The van der Waals surface area contributed by atoms with Crippen molar-refractivity contribution in [2.45, 2.75) is 12.5 Å². The number of halogens is 1. The number of hydrogen-bond donors (Lipinski definition) is 1. The fourth-order valence-corrected chi connectivity index (χ4v) is 1.61. The minimum absolute atomic E-state index is 0. The molecule has 14 heavy (non-hydrogen) atoms. The quantitative estimate of drug-likeness (QED) is 0.787. The van der Waals surface area contributed by atoms with Gasteiger partial charge >= 0.3 is 0 Å². The number of aromatic nitrogens is 2. The van der Waals surface area contributed by atoms with Crippen LogP contribution in [0.25, 0.3) is 0 Å². The van der Waals surface area contributed by atoms with Crippen LogP contribution in [0.2, 0.25) is 0 Å². The first-order valence-corrected chi connectivity index (χ1v) is 4.58. The summed E-state index contributed by atoms with van der Waals surface area (Å²) in [5.74, 6) is 0.816. The van der Waals surface area contributed by atoms with Gasteiger partial charge in [-0.25, -0.2) is 9.97 Å². The molecular formula is C9H15ClN4. The first kappa shape index (κ1) is 11.2. The minimum atomic E-state index is 0. The maximum absolute atomic E-state index is 4.21. The number of anilines is 1. The van der Waals surface area contributed by atoms with E-state index in [1.165, 1.54) is 6.42 Å². The second-order valence-corrected chi connectivity index (χ2v) is 3.31. The van der Waals surface area contributed by atoms with Crippen LogP contribution in [0, 0.1) is 0 Å². The van der Waals surface area contributed by atoms with Crippen LogP contribution in [0.15, 0.2) is 18.5 Å². The summed E-state index contributed by atoms with van der Waals surface area (Å²) in [7, 11) is 2.05. The van der Waals surface area contributed by atoms with E-state index in [0.29, 0.717) is 6.04 Å². The summed E-state index contributed by atoms with van der Waals surface area (Å²) < 4.78 is 0. The van der Waals surface area contributed by atoms with Gasteiger partial charge < -0.3 is 10.2 Å². The first-order chi connectivity index (χ1) is 6.38. The third-order valence-electron chi connectivity index (χ3n) is 2.45. The lowest BCUT2D eigenvalue weighted by atomic mass is 10.2. The maximum Gasteiger partial charge on any atom is 0.225 e. The SMILES string of the molecule is CN(c1ncccn1)[C@H]1CCNC1.Cl. The maximum atomic E-state index is 4.21. The molecule has 5 heteroatoms. The van der Waals surface area contributed by atoms with Crippen LogP contribution < -0.4 is 10.2 Å². The van der Waals surface area contributed by atoms with Crippen molar-refractivity contribution in [1.29, 1.82) is 0 Å². The summed E-state index contributed by atoms with van der Waals surface area (Å²) in [4.78, 5) is 10.6. The van der Waals surface area contributed by atoms with Crippen LogP contribution in [0.5, 0.6) is 0 Å². The summed E-state index contributed by atoms with van der Waals surface area (Å²) in [6.07, 6.45) is 4.73. The topological polar surface area (TPSA) is 41.1 Å². The van der Waals surface area contributed by atoms with Gasteiger partial charge in [0.05, 0.1) is 0 Å². The van der Waals surface area contributed by atoms with Gasteiger partial charge in [-0.2, -0.15) is 0 Å². The molecule has 0 amide bonds. The number of rotatable bonds is 2. The molecule has 1 atom stereocenters. The second kappa shape index (κ2) is 5.12. The van der Waals surface area contributed by atoms with Crippen molar-refractivity contribution in [2.24, 2.45) is 0 Å². The minimum Gasteiger partial charge on any atom is -0.340 e. The zero-order valence-corrected chi connectivity index (χ0v) is 9.00. The highest BCUT2D eigenvalue weighted by atomic mass is 35.5. The van der Waals surface area contributed by atoms with E-state index in [1.807, 2.05) is 13.1 Å². The Bertz CT molecular complexity index is 261. The van der Waals surface area contributed by atoms with E-state index in [9.17, 15) is 0 Å². The molecule has 78 valence electrons. The Morgan fingerprint density at radius 2 is 2.14 bits per heavy atom. The molecule has 1 aliphatic rings. The van der Waals surface area contributed by atoms with Crippen molar-refractivity contribution >= 4 is 18.4 Å². The van der Waals surface area contributed by atoms with Crippen molar-refractivity contribution in [2.75, 3.05) is 25.0 Å². The highest BCUT2D eigenvalue weighted by Gasteiger charge is 2.20. The van der Waals surface area contributed by atoms with Gasteiger partial charge in [0.15, 0.2) is 0 Å². The lowest BCUT2D eigenvalue weighted by molar-refractivity contribution is 0.668. The van der Waals surface area contributed by atoms with Crippen LogP contribution in [-0.2, 0) is 0 Å². The molecule has 1 aliphatic heterocycles. The average Bonchev–Trinajstić information content (AvgIpc) is 2.71. The largest absolute Gasteiger partial charge is 0.340 e. The Kier molecular flexibility index (Phi) is 4.10. The van der Waals surface area contributed by atoms with Gasteiger partial charge in [-0.3, -0.25) is 0 Å². The zero-order valence-electron chi connectivity index (χ0n) is 8.18. The molecule has 0 saturated carbocycles. The van der Waals surface area contributed by atoms with E-state index in [4.69, 9.17) is 0 Å². The fourth-order valence-electron chi connectivity index (χ4n) is 1.61. The summed E-state index contributed by atoms with van der Waals surface area (Å²) >= 11 is 0. The van der Waals surface area contributed by atoms with Crippen molar-refractivity contribution in [3.63, 3.8) is 0 Å². The Morgan fingerprint density at radius 1 is 1.43 bits per heavy atom. The molecule has 4 nitrogen and oxygen atoms in total. The predicted molar refractivity (Wildman–Crippen MR) is 59.0 cm³/mol. The van der Waals surface area contributed by atoms with Gasteiger partial charge in [0.2, 0.25) is 5.95 Å². The highest BCUT2D eigenvalue weighted by Crippen LogP contribution is 2.11. The number of nitrogens with zero attached hydrogens (tertiary/aromatic N) is 3. The van der Waals surface area contributed by atoms with Gasteiger partial charge in [-0.05, 0) is 19.0 Å². The van der Waals surface area contributed by atoms with Gasteiger partial charge in [0.1, 0.15) is 0 Å². The molecule has 2 rings (SSSR count). The van der Waals surface area contributed by atoms with Crippen LogP contribution in [0.1, 0.15) is 6.42 Å². The van der Waals surface area contributed by atoms with Crippen LogP contribution in [0.4, 0.5) is 5.95 Å². The van der Waals surface area contributed by atoms with Crippen molar-refractivity contribution in [3.05, 3.63) is 18.5 Å². The number of hydrogen-bond acceptors (Lipinski definition) is 4. The average molecular weight is 215 g/mol. The molecule has 0 spiro atoms. The van der Waals surface area contributed by atoms with Gasteiger partial charge in [0.25, 0.3) is 0 Å². The molecule has 1 aromatic rings. The molecule has 0 radical (unpaired) electrons. The third-order valence-corrected chi connectivity index (χ3v) is 2.45. The van der Waals surface area contributed by atoms with Gasteiger partial charge in [0, 0.05) is 32.0 Å². The number of nitrogens with one attached hydrogen (secondary N) is 1. The Morgan fingerprint density at radius 3 is 2.71 bits per heavy atom. The van der Waals surface area contributed by atoms with E-state index in [0.717, 1.165) is 19.0 Å². The second-order valence-electron chi connectivity index (χ2n) is 3.31. The Hall–Kier alpha value is -0.870. The summed E-state index contributed by atoms with van der Waals surface area (Å²) in [5.41, 5.74) is 0. The lowest BCUT2D eigenvalue weighted by Gasteiger charge is -2.23. The Balaban J connectivity index is 0.000000980. The monoisotopic (exact) mass is 214 g/mol. The molecule has 0 aliphatic carbocycles. The van der Waals surface area contributed by atoms with Gasteiger partial charge in [-0.1, -0.05) is 0 Å². The normalized spacial score (nSPS) is 20.2. The molecule has 0 aromatic carbocycles. The van der Waals surface area contributed by atoms with Crippen LogP contribution in [-0.4, -0.2) is 36.1 Å². The van der Waals surface area contributed by atoms with E-state index in [1.54, 1.807) is 12.4 Å². The third kappa shape index (κ3) is 2.33. The van der Waals surface area contributed by atoms with Gasteiger partial charge in [-0.15, -0.1) is 12.4 Å². The van der Waals surface area contributed by atoms with Crippen molar-refractivity contribution in [3.8, 4) is 0 Å². The first-order valence-electron chi connectivity index (χ1n) is 4.58. The molecule has 2 heterocycles. The summed E-state index contributed by atoms with van der Waals surface area (Å²) in [6.45, 7) is 2.14. The van der Waals surface area contributed by atoms with E-state index in [-0.39, 0.29) is 12.4 Å². The lowest BCUT2D eigenvalue weighted by Crippen LogP contribution is -2.34. The molecular weight excluding hydrogens is 200 g/mol. The number of likely N-dealkylation sites (N-methyl/N-ethyl adjacent to an activating group) is 1. The van der Waals surface area contributed by atoms with Crippen LogP contribution in [0.3, 0.4) is 0 Å².